The minimum absolute atomic E-state index is 0.000595. The molecule has 2 aromatic rings. The first-order valence-electron chi connectivity index (χ1n) is 5.81. The molecule has 108 valence electrons. The highest BCUT2D eigenvalue weighted by Gasteiger charge is 2.16. The van der Waals surface area contributed by atoms with E-state index in [1.165, 1.54) is 18.2 Å². The van der Waals surface area contributed by atoms with Gasteiger partial charge in [-0.25, -0.2) is 0 Å². The van der Waals surface area contributed by atoms with Gasteiger partial charge in [-0.05, 0) is 30.3 Å². The molecule has 2 rings (SSSR count). The third-order valence-electron chi connectivity index (χ3n) is 2.71. The molecule has 7 heteroatoms. The molecule has 0 fully saturated rings. The van der Waals surface area contributed by atoms with Gasteiger partial charge < -0.3 is 4.74 Å². The normalized spacial score (nSPS) is 10.2. The van der Waals surface area contributed by atoms with Gasteiger partial charge in [0.05, 0.1) is 4.92 Å². The highest BCUT2D eigenvalue weighted by atomic mass is 35.5. The monoisotopic (exact) mass is 325 g/mol. The zero-order chi connectivity index (χ0) is 15.4. The van der Waals surface area contributed by atoms with E-state index in [-0.39, 0.29) is 23.6 Å². The Balaban J connectivity index is 2.28. The molecule has 2 aromatic carbocycles. The third-order valence-corrected chi connectivity index (χ3v) is 3.31. The van der Waals surface area contributed by atoms with Crippen molar-refractivity contribution in [2.75, 3.05) is 0 Å². The van der Waals surface area contributed by atoms with Crippen LogP contribution in [0.2, 0.25) is 10.0 Å². The van der Waals surface area contributed by atoms with E-state index in [9.17, 15) is 14.9 Å². The average molecular weight is 326 g/mol. The first-order chi connectivity index (χ1) is 10.0. The number of carbonyl (C=O) groups is 1. The molecule has 0 aliphatic heterocycles. The average Bonchev–Trinajstić information content (AvgIpc) is 2.47. The van der Waals surface area contributed by atoms with Gasteiger partial charge in [-0.3, -0.25) is 14.9 Å². The van der Waals surface area contributed by atoms with Gasteiger partial charge in [-0.1, -0.05) is 23.2 Å². The van der Waals surface area contributed by atoms with Gasteiger partial charge in [0.1, 0.15) is 12.9 Å². The van der Waals surface area contributed by atoms with Gasteiger partial charge in [-0.2, -0.15) is 0 Å². The van der Waals surface area contributed by atoms with Crippen LogP contribution in [-0.4, -0.2) is 11.2 Å². The van der Waals surface area contributed by atoms with E-state index in [1.54, 1.807) is 18.2 Å². The Bertz CT molecular complexity index is 703. The fourth-order valence-electron chi connectivity index (χ4n) is 1.68. The van der Waals surface area contributed by atoms with E-state index < -0.39 is 4.92 Å². The summed E-state index contributed by atoms with van der Waals surface area (Å²) in [4.78, 5) is 21.1. The summed E-state index contributed by atoms with van der Waals surface area (Å²) in [6.07, 6.45) is 0.586. The number of halogens is 2. The van der Waals surface area contributed by atoms with Crippen LogP contribution in [-0.2, 0) is 6.61 Å². The van der Waals surface area contributed by atoms with Crippen molar-refractivity contribution in [1.82, 2.24) is 0 Å². The molecule has 0 heterocycles. The maximum Gasteiger partial charge on any atom is 0.310 e. The van der Waals surface area contributed by atoms with Crippen LogP contribution in [0.5, 0.6) is 5.75 Å². The van der Waals surface area contributed by atoms with Crippen molar-refractivity contribution in [2.24, 2.45) is 0 Å². The highest BCUT2D eigenvalue weighted by Crippen LogP contribution is 2.29. The molecule has 0 bridgehead atoms. The number of carbonyl (C=O) groups excluding carboxylic acids is 1. The number of ether oxygens (including phenoxy) is 1. The van der Waals surface area contributed by atoms with Gasteiger partial charge in [0, 0.05) is 27.2 Å². The second-order valence-corrected chi connectivity index (χ2v) is 4.97. The lowest BCUT2D eigenvalue weighted by Crippen LogP contribution is -2.00. The molecule has 0 saturated heterocycles. The van der Waals surface area contributed by atoms with E-state index in [4.69, 9.17) is 27.9 Å². The zero-order valence-electron chi connectivity index (χ0n) is 10.6. The molecule has 0 amide bonds. The number of aldehydes is 1. The Kier molecular flexibility index (Phi) is 4.77. The van der Waals surface area contributed by atoms with E-state index in [1.807, 2.05) is 0 Å². The number of benzene rings is 2. The Morgan fingerprint density at radius 3 is 2.62 bits per heavy atom. The number of hydrogen-bond donors (Lipinski definition) is 0. The summed E-state index contributed by atoms with van der Waals surface area (Å²) in [5.74, 6) is 0.000595. The Hall–Kier alpha value is -2.11. The fraction of sp³-hybridized carbons (Fsp3) is 0.0714. The van der Waals surface area contributed by atoms with Crippen LogP contribution in [0.25, 0.3) is 0 Å². The van der Waals surface area contributed by atoms with Crippen LogP contribution in [0, 0.1) is 10.1 Å². The largest absolute Gasteiger partial charge is 0.482 e. The minimum Gasteiger partial charge on any atom is -0.482 e. The summed E-state index contributed by atoms with van der Waals surface area (Å²) in [6, 6.07) is 8.73. The summed E-state index contributed by atoms with van der Waals surface area (Å²) in [7, 11) is 0. The Morgan fingerprint density at radius 1 is 1.19 bits per heavy atom. The van der Waals surface area contributed by atoms with Crippen molar-refractivity contribution in [3.8, 4) is 5.75 Å². The SMILES string of the molecule is O=Cc1ccc([N+](=O)[O-])c(OCc2cc(Cl)ccc2Cl)c1. The molecule has 0 spiro atoms. The lowest BCUT2D eigenvalue weighted by Gasteiger charge is -2.09. The lowest BCUT2D eigenvalue weighted by atomic mass is 10.2. The molecular formula is C14H9Cl2NO4. The molecule has 0 unspecified atom stereocenters. The predicted molar refractivity (Wildman–Crippen MR) is 79.3 cm³/mol. The molecule has 21 heavy (non-hydrogen) atoms. The summed E-state index contributed by atoms with van der Waals surface area (Å²) in [5.41, 5.74) is 0.654. The van der Waals surface area contributed by atoms with Crippen LogP contribution in [0.3, 0.4) is 0 Å². The first-order valence-corrected chi connectivity index (χ1v) is 6.57. The van der Waals surface area contributed by atoms with Gasteiger partial charge in [-0.15, -0.1) is 0 Å². The molecule has 5 nitrogen and oxygen atoms in total. The van der Waals surface area contributed by atoms with Crippen molar-refractivity contribution in [1.29, 1.82) is 0 Å². The fourth-order valence-corrected chi connectivity index (χ4v) is 2.05. The number of nitrogens with zero attached hydrogens (tertiary/aromatic N) is 1. The predicted octanol–water partition coefficient (Wildman–Crippen LogP) is 4.29. The van der Waals surface area contributed by atoms with Gasteiger partial charge in [0.2, 0.25) is 0 Å². The van der Waals surface area contributed by atoms with E-state index >= 15 is 0 Å². The van der Waals surface area contributed by atoms with E-state index in [0.29, 0.717) is 21.9 Å². The summed E-state index contributed by atoms with van der Waals surface area (Å²) in [6.45, 7) is 0.00252. The zero-order valence-corrected chi connectivity index (χ0v) is 12.1. The Labute approximate surface area is 130 Å². The third kappa shape index (κ3) is 3.71. The summed E-state index contributed by atoms with van der Waals surface area (Å²) in [5, 5.41) is 11.9. The molecular weight excluding hydrogens is 317 g/mol. The number of nitro benzene ring substituents is 1. The second-order valence-electron chi connectivity index (χ2n) is 4.13. The highest BCUT2D eigenvalue weighted by molar-refractivity contribution is 6.33. The van der Waals surface area contributed by atoms with Crippen molar-refractivity contribution in [3.05, 3.63) is 67.7 Å². The Morgan fingerprint density at radius 2 is 1.95 bits per heavy atom. The molecule has 0 radical (unpaired) electrons. The second kappa shape index (κ2) is 6.56. The molecule has 0 aliphatic rings. The van der Waals surface area contributed by atoms with Crippen LogP contribution in [0.4, 0.5) is 5.69 Å². The molecule has 0 aliphatic carbocycles. The standard InChI is InChI=1S/C14H9Cl2NO4/c15-11-2-3-12(16)10(6-11)8-21-14-5-9(7-18)1-4-13(14)17(19)20/h1-7H,8H2. The molecule has 0 saturated carbocycles. The number of nitro groups is 1. The van der Waals surface area contributed by atoms with Gasteiger partial charge in [0.15, 0.2) is 5.75 Å². The molecule has 0 N–H and O–H groups in total. The van der Waals surface area contributed by atoms with Crippen molar-refractivity contribution in [3.63, 3.8) is 0 Å². The van der Waals surface area contributed by atoms with Crippen LogP contribution in [0.15, 0.2) is 36.4 Å². The lowest BCUT2D eigenvalue weighted by molar-refractivity contribution is -0.385. The maximum atomic E-state index is 10.9. The topological polar surface area (TPSA) is 69.4 Å². The first kappa shape index (κ1) is 15.3. The van der Waals surface area contributed by atoms with Gasteiger partial charge >= 0.3 is 5.69 Å². The van der Waals surface area contributed by atoms with E-state index in [0.717, 1.165) is 0 Å². The van der Waals surface area contributed by atoms with Gasteiger partial charge in [0.25, 0.3) is 0 Å². The van der Waals surface area contributed by atoms with Crippen LogP contribution >= 0.6 is 23.2 Å². The van der Waals surface area contributed by atoms with Crippen molar-refractivity contribution in [2.45, 2.75) is 6.61 Å². The van der Waals surface area contributed by atoms with Crippen LogP contribution < -0.4 is 4.74 Å². The quantitative estimate of drug-likeness (QED) is 0.467. The van der Waals surface area contributed by atoms with Crippen molar-refractivity contribution < 1.29 is 14.5 Å². The van der Waals surface area contributed by atoms with Crippen LogP contribution in [0.1, 0.15) is 15.9 Å². The van der Waals surface area contributed by atoms with E-state index in [2.05, 4.69) is 0 Å². The number of hydrogen-bond acceptors (Lipinski definition) is 4. The van der Waals surface area contributed by atoms with Crippen molar-refractivity contribution >= 4 is 35.2 Å². The minimum atomic E-state index is -0.580. The maximum absolute atomic E-state index is 10.9. The molecule has 0 atom stereocenters. The summed E-state index contributed by atoms with van der Waals surface area (Å²) >= 11 is 11.9. The smallest absolute Gasteiger partial charge is 0.310 e. The number of rotatable bonds is 5. The molecule has 0 aromatic heterocycles. The summed E-state index contributed by atoms with van der Waals surface area (Å²) < 4.78 is 5.42.